The fraction of sp³-hybridized carbons (Fsp3) is 0.385. The van der Waals surface area contributed by atoms with Crippen molar-refractivity contribution in [1.82, 2.24) is 15.0 Å². The number of nitriles is 1. The van der Waals surface area contributed by atoms with E-state index in [1.807, 2.05) is 12.1 Å². The number of anilines is 4. The van der Waals surface area contributed by atoms with Gasteiger partial charge in [0, 0.05) is 55.5 Å². The second-order valence-corrected chi connectivity index (χ2v) is 8.74. The van der Waals surface area contributed by atoms with Crippen molar-refractivity contribution in [2.24, 2.45) is 0 Å². The highest BCUT2D eigenvalue weighted by Gasteiger charge is 2.18. The molecule has 5 rings (SSSR count). The summed E-state index contributed by atoms with van der Waals surface area (Å²) >= 11 is 0. The maximum absolute atomic E-state index is 9.67. The van der Waals surface area contributed by atoms with Crippen LogP contribution in [-0.4, -0.2) is 41.1 Å². The molecule has 7 heteroatoms. The van der Waals surface area contributed by atoms with E-state index in [0.29, 0.717) is 11.5 Å². The molecule has 4 heterocycles. The zero-order valence-electron chi connectivity index (χ0n) is 18.9. The molecule has 2 aromatic heterocycles. The molecule has 0 saturated carbocycles. The van der Waals surface area contributed by atoms with Crippen molar-refractivity contribution in [3.63, 3.8) is 0 Å². The van der Waals surface area contributed by atoms with Gasteiger partial charge in [-0.25, -0.2) is 15.0 Å². The molecule has 3 aromatic rings. The van der Waals surface area contributed by atoms with Crippen LogP contribution in [0, 0.1) is 11.3 Å². The summed E-state index contributed by atoms with van der Waals surface area (Å²) in [5.41, 5.74) is 4.37. The summed E-state index contributed by atoms with van der Waals surface area (Å²) in [5.74, 6) is 1.30. The van der Waals surface area contributed by atoms with Crippen LogP contribution in [0.4, 0.5) is 23.1 Å². The molecule has 168 valence electrons. The molecule has 1 N–H and O–H groups in total. The van der Waals surface area contributed by atoms with Gasteiger partial charge < -0.3 is 15.1 Å². The van der Waals surface area contributed by atoms with Gasteiger partial charge in [-0.15, -0.1) is 0 Å². The lowest BCUT2D eigenvalue weighted by Gasteiger charge is -2.22. The van der Waals surface area contributed by atoms with E-state index in [4.69, 9.17) is 0 Å². The van der Waals surface area contributed by atoms with Crippen LogP contribution >= 0.6 is 0 Å². The van der Waals surface area contributed by atoms with E-state index in [1.165, 1.54) is 31.4 Å². The molecule has 0 unspecified atom stereocenters. The molecule has 33 heavy (non-hydrogen) atoms. The van der Waals surface area contributed by atoms with Crippen LogP contribution in [0.2, 0.25) is 0 Å². The molecule has 0 spiro atoms. The van der Waals surface area contributed by atoms with Gasteiger partial charge in [-0.05, 0) is 62.1 Å². The topological polar surface area (TPSA) is 81.0 Å². The minimum absolute atomic E-state index is 0.525. The Kier molecular flexibility index (Phi) is 6.34. The molecule has 0 aliphatic carbocycles. The number of nitrogens with zero attached hydrogens (tertiary/aromatic N) is 6. The minimum atomic E-state index is 0.525. The Balaban J connectivity index is 1.32. The van der Waals surface area contributed by atoms with Crippen molar-refractivity contribution >= 4 is 23.1 Å². The molecule has 1 aromatic carbocycles. The number of pyridine rings is 1. The molecule has 0 radical (unpaired) electrons. The molecule has 2 saturated heterocycles. The van der Waals surface area contributed by atoms with Crippen molar-refractivity contribution in [3.05, 3.63) is 54.4 Å². The number of benzene rings is 1. The zero-order valence-corrected chi connectivity index (χ0v) is 18.9. The fourth-order valence-electron chi connectivity index (χ4n) is 4.65. The summed E-state index contributed by atoms with van der Waals surface area (Å²) in [4.78, 5) is 18.3. The molecule has 2 aliphatic rings. The van der Waals surface area contributed by atoms with Gasteiger partial charge >= 0.3 is 0 Å². The van der Waals surface area contributed by atoms with Gasteiger partial charge in [-0.2, -0.15) is 5.26 Å². The number of hydrogen-bond acceptors (Lipinski definition) is 7. The third-order valence-corrected chi connectivity index (χ3v) is 6.44. The monoisotopic (exact) mass is 439 g/mol. The van der Waals surface area contributed by atoms with E-state index in [9.17, 15) is 5.26 Å². The third kappa shape index (κ3) is 4.90. The quantitative estimate of drug-likeness (QED) is 0.590. The van der Waals surface area contributed by atoms with Crippen LogP contribution in [0.5, 0.6) is 0 Å². The molecule has 0 amide bonds. The maximum Gasteiger partial charge on any atom is 0.227 e. The molecule has 2 fully saturated rings. The van der Waals surface area contributed by atoms with Crippen LogP contribution in [-0.2, 0) is 0 Å². The summed E-state index contributed by atoms with van der Waals surface area (Å²) in [6.45, 7) is 4.18. The van der Waals surface area contributed by atoms with E-state index < -0.39 is 0 Å². The van der Waals surface area contributed by atoms with Crippen LogP contribution in [0.1, 0.15) is 44.1 Å². The Morgan fingerprint density at radius 2 is 1.52 bits per heavy atom. The largest absolute Gasteiger partial charge is 0.372 e. The van der Waals surface area contributed by atoms with E-state index in [0.717, 1.165) is 61.8 Å². The molecule has 0 bridgehead atoms. The maximum atomic E-state index is 9.67. The van der Waals surface area contributed by atoms with E-state index in [-0.39, 0.29) is 0 Å². The van der Waals surface area contributed by atoms with Crippen molar-refractivity contribution in [2.75, 3.05) is 41.3 Å². The Hall–Kier alpha value is -3.66. The molecule has 7 nitrogen and oxygen atoms in total. The third-order valence-electron chi connectivity index (χ3n) is 6.44. The van der Waals surface area contributed by atoms with Gasteiger partial charge in [-0.1, -0.05) is 12.8 Å². The van der Waals surface area contributed by atoms with E-state index in [1.54, 1.807) is 12.4 Å². The second kappa shape index (κ2) is 9.86. The lowest BCUT2D eigenvalue weighted by atomic mass is 10.1. The summed E-state index contributed by atoms with van der Waals surface area (Å²) in [5, 5.41) is 13.0. The smallest absolute Gasteiger partial charge is 0.227 e. The number of nitrogens with one attached hydrogen (secondary N) is 1. The number of hydrogen-bond donors (Lipinski definition) is 1. The van der Waals surface area contributed by atoms with Crippen molar-refractivity contribution in [1.29, 1.82) is 5.26 Å². The van der Waals surface area contributed by atoms with E-state index >= 15 is 0 Å². The highest BCUT2D eigenvalue weighted by atomic mass is 15.2. The Bertz CT molecular complexity index is 1120. The van der Waals surface area contributed by atoms with Crippen LogP contribution in [0.25, 0.3) is 11.3 Å². The van der Waals surface area contributed by atoms with Crippen molar-refractivity contribution < 1.29 is 0 Å². The number of rotatable bonds is 5. The SMILES string of the molecule is N#Cc1cc(-c2ccnc(Nc3ccc(N4CCCCCC4)cc3)n2)cnc1N1CCCC1. The first-order valence-electron chi connectivity index (χ1n) is 11.9. The van der Waals surface area contributed by atoms with Crippen LogP contribution < -0.4 is 15.1 Å². The zero-order chi connectivity index (χ0) is 22.5. The summed E-state index contributed by atoms with van der Waals surface area (Å²) < 4.78 is 0. The van der Waals surface area contributed by atoms with Gasteiger partial charge in [-0.3, -0.25) is 0 Å². The van der Waals surface area contributed by atoms with Crippen LogP contribution in [0.15, 0.2) is 48.8 Å². The Labute approximate surface area is 195 Å². The van der Waals surface area contributed by atoms with Gasteiger partial charge in [0.1, 0.15) is 11.9 Å². The first kappa shape index (κ1) is 21.2. The molecule has 0 atom stereocenters. The van der Waals surface area contributed by atoms with E-state index in [2.05, 4.69) is 60.4 Å². The summed E-state index contributed by atoms with van der Waals surface area (Å²) in [7, 11) is 0. The lowest BCUT2D eigenvalue weighted by molar-refractivity contribution is 0.726. The van der Waals surface area contributed by atoms with Crippen molar-refractivity contribution in [2.45, 2.75) is 38.5 Å². The summed E-state index contributed by atoms with van der Waals surface area (Å²) in [6.07, 6.45) is 11.0. The Morgan fingerprint density at radius 3 is 2.24 bits per heavy atom. The Morgan fingerprint density at radius 1 is 0.818 bits per heavy atom. The fourth-order valence-corrected chi connectivity index (χ4v) is 4.65. The minimum Gasteiger partial charge on any atom is -0.372 e. The average molecular weight is 440 g/mol. The first-order chi connectivity index (χ1) is 16.3. The van der Waals surface area contributed by atoms with Gasteiger partial charge in [0.15, 0.2) is 0 Å². The highest BCUT2D eigenvalue weighted by molar-refractivity contribution is 5.67. The summed E-state index contributed by atoms with van der Waals surface area (Å²) in [6, 6.07) is 14.5. The molecular formula is C26H29N7. The van der Waals surface area contributed by atoms with Gasteiger partial charge in [0.2, 0.25) is 5.95 Å². The van der Waals surface area contributed by atoms with Gasteiger partial charge in [0.05, 0.1) is 11.3 Å². The number of aromatic nitrogens is 3. The predicted octanol–water partition coefficient (Wildman–Crippen LogP) is 5.13. The van der Waals surface area contributed by atoms with Crippen LogP contribution in [0.3, 0.4) is 0 Å². The highest BCUT2D eigenvalue weighted by Crippen LogP contribution is 2.27. The first-order valence-corrected chi connectivity index (χ1v) is 11.9. The molecular weight excluding hydrogens is 410 g/mol. The predicted molar refractivity (Wildman–Crippen MR) is 132 cm³/mol. The standard InChI is InChI=1S/C26H29N7/c27-18-20-17-21(19-29-25(20)33-15-5-6-16-33)24-11-12-28-26(31-24)30-22-7-9-23(10-8-22)32-13-3-1-2-4-14-32/h7-12,17,19H,1-6,13-16H2,(H,28,30,31). The average Bonchev–Trinajstić information content (AvgIpc) is 3.26. The second-order valence-electron chi connectivity index (χ2n) is 8.74. The van der Waals surface area contributed by atoms with Gasteiger partial charge in [0.25, 0.3) is 0 Å². The van der Waals surface area contributed by atoms with Crippen molar-refractivity contribution in [3.8, 4) is 17.3 Å². The molecule has 2 aliphatic heterocycles. The lowest BCUT2D eigenvalue weighted by Crippen LogP contribution is -2.23. The normalized spacial score (nSPS) is 16.3.